The smallest absolute Gasteiger partial charge is 0.284 e. The summed E-state index contributed by atoms with van der Waals surface area (Å²) in [6.45, 7) is -0.295. The number of benzene rings is 1. The number of sulfonamides is 1. The van der Waals surface area contributed by atoms with E-state index >= 15 is 0 Å². The molecule has 110 valence electrons. The van der Waals surface area contributed by atoms with Crippen LogP contribution in [0.2, 0.25) is 0 Å². The Morgan fingerprint density at radius 2 is 2.05 bits per heavy atom. The standard InChI is InChI=1S/C11H10BrN5O3S/c1-16-11(10(12)14-15-16)21(19,20)17-6-9(18)13-7-4-2-3-5-8(7)17/h2-5H,6H2,1H3,(H,13,18). The van der Waals surface area contributed by atoms with Gasteiger partial charge >= 0.3 is 0 Å². The Balaban J connectivity index is 2.19. The van der Waals surface area contributed by atoms with Crippen LogP contribution in [-0.4, -0.2) is 35.9 Å². The summed E-state index contributed by atoms with van der Waals surface area (Å²) in [7, 11) is -2.49. The van der Waals surface area contributed by atoms with E-state index in [2.05, 4.69) is 31.6 Å². The molecule has 10 heteroatoms. The van der Waals surface area contributed by atoms with Crippen LogP contribution in [0.1, 0.15) is 0 Å². The Hall–Kier alpha value is -1.94. The monoisotopic (exact) mass is 371 g/mol. The van der Waals surface area contributed by atoms with Gasteiger partial charge in [0.15, 0.2) is 4.60 Å². The highest BCUT2D eigenvalue weighted by atomic mass is 79.9. The fourth-order valence-electron chi connectivity index (χ4n) is 2.12. The second kappa shape index (κ2) is 4.81. The van der Waals surface area contributed by atoms with E-state index in [1.54, 1.807) is 24.3 Å². The highest BCUT2D eigenvalue weighted by molar-refractivity contribution is 9.10. The zero-order valence-electron chi connectivity index (χ0n) is 10.8. The van der Waals surface area contributed by atoms with E-state index in [4.69, 9.17) is 0 Å². The molecule has 1 aliphatic heterocycles. The van der Waals surface area contributed by atoms with Crippen LogP contribution in [0.25, 0.3) is 0 Å². The van der Waals surface area contributed by atoms with Gasteiger partial charge in [0, 0.05) is 7.05 Å². The molecule has 1 N–H and O–H groups in total. The first-order valence-corrected chi connectivity index (χ1v) is 8.11. The van der Waals surface area contributed by atoms with Crippen LogP contribution in [0.3, 0.4) is 0 Å². The van der Waals surface area contributed by atoms with Gasteiger partial charge in [0.25, 0.3) is 10.0 Å². The molecule has 2 aromatic rings. The van der Waals surface area contributed by atoms with Crippen molar-refractivity contribution in [2.24, 2.45) is 7.05 Å². The predicted molar refractivity (Wildman–Crippen MR) is 78.3 cm³/mol. The summed E-state index contributed by atoms with van der Waals surface area (Å²) >= 11 is 3.07. The third kappa shape index (κ3) is 2.20. The highest BCUT2D eigenvalue weighted by Crippen LogP contribution is 2.34. The van der Waals surface area contributed by atoms with Crippen molar-refractivity contribution in [3.63, 3.8) is 0 Å². The van der Waals surface area contributed by atoms with Gasteiger partial charge in [-0.15, -0.1) is 5.10 Å². The first-order chi connectivity index (χ1) is 9.91. The summed E-state index contributed by atoms with van der Waals surface area (Å²) in [5.41, 5.74) is 0.855. The average molecular weight is 372 g/mol. The number of carbonyl (C=O) groups is 1. The second-order valence-corrected chi connectivity index (χ2v) is 6.91. The molecule has 0 radical (unpaired) electrons. The van der Waals surface area contributed by atoms with Crippen molar-refractivity contribution < 1.29 is 13.2 Å². The van der Waals surface area contributed by atoms with Crippen molar-refractivity contribution in [3.05, 3.63) is 28.9 Å². The lowest BCUT2D eigenvalue weighted by molar-refractivity contribution is -0.115. The maximum absolute atomic E-state index is 12.8. The highest BCUT2D eigenvalue weighted by Gasteiger charge is 2.36. The summed E-state index contributed by atoms with van der Waals surface area (Å²) in [6.07, 6.45) is 0. The molecule has 21 heavy (non-hydrogen) atoms. The molecule has 3 rings (SSSR count). The molecule has 0 saturated heterocycles. The van der Waals surface area contributed by atoms with Gasteiger partial charge in [-0.2, -0.15) is 8.42 Å². The van der Waals surface area contributed by atoms with Crippen LogP contribution in [0.4, 0.5) is 11.4 Å². The number of fused-ring (bicyclic) bond motifs is 1. The summed E-state index contributed by atoms with van der Waals surface area (Å²) < 4.78 is 27.9. The maximum Gasteiger partial charge on any atom is 0.284 e. The Labute approximate surface area is 128 Å². The van der Waals surface area contributed by atoms with Crippen LogP contribution >= 0.6 is 15.9 Å². The van der Waals surface area contributed by atoms with E-state index in [-0.39, 0.29) is 16.2 Å². The average Bonchev–Trinajstić information content (AvgIpc) is 2.77. The van der Waals surface area contributed by atoms with Crippen LogP contribution in [0.15, 0.2) is 33.9 Å². The molecule has 0 unspecified atom stereocenters. The van der Waals surface area contributed by atoms with Crippen molar-refractivity contribution in [2.45, 2.75) is 5.03 Å². The first kappa shape index (κ1) is 14.0. The van der Waals surface area contributed by atoms with E-state index in [1.165, 1.54) is 7.05 Å². The minimum Gasteiger partial charge on any atom is -0.323 e. The molecule has 0 fully saturated rings. The van der Waals surface area contributed by atoms with Gasteiger partial charge in [-0.25, -0.2) is 4.68 Å². The van der Waals surface area contributed by atoms with Gasteiger partial charge in [0.1, 0.15) is 6.54 Å². The molecular weight excluding hydrogens is 362 g/mol. The summed E-state index contributed by atoms with van der Waals surface area (Å²) in [4.78, 5) is 11.8. The molecule has 2 heterocycles. The Morgan fingerprint density at radius 3 is 2.71 bits per heavy atom. The number of aryl methyl sites for hydroxylation is 1. The van der Waals surface area contributed by atoms with Crippen LogP contribution < -0.4 is 9.62 Å². The number of halogens is 1. The lowest BCUT2D eigenvalue weighted by Gasteiger charge is -2.29. The molecule has 0 atom stereocenters. The molecular formula is C11H10BrN5O3S. The van der Waals surface area contributed by atoms with E-state index in [9.17, 15) is 13.2 Å². The number of para-hydroxylation sites is 2. The van der Waals surface area contributed by atoms with Crippen molar-refractivity contribution in [3.8, 4) is 0 Å². The molecule has 0 spiro atoms. The lowest BCUT2D eigenvalue weighted by Crippen LogP contribution is -2.42. The van der Waals surface area contributed by atoms with Crippen molar-refractivity contribution >= 4 is 43.2 Å². The van der Waals surface area contributed by atoms with Gasteiger partial charge in [-0.3, -0.25) is 9.10 Å². The predicted octanol–water partition coefficient (Wildman–Crippen LogP) is 0.725. The summed E-state index contributed by atoms with van der Waals surface area (Å²) in [5, 5.41) is 9.88. The third-order valence-electron chi connectivity index (χ3n) is 3.01. The zero-order valence-corrected chi connectivity index (χ0v) is 13.2. The normalized spacial score (nSPS) is 14.8. The molecule has 1 amide bonds. The first-order valence-electron chi connectivity index (χ1n) is 5.88. The number of amides is 1. The lowest BCUT2D eigenvalue weighted by atomic mass is 10.2. The minimum atomic E-state index is -3.96. The Morgan fingerprint density at radius 1 is 1.33 bits per heavy atom. The van der Waals surface area contributed by atoms with Gasteiger partial charge in [0.05, 0.1) is 11.4 Å². The number of nitrogens with one attached hydrogen (secondary N) is 1. The topological polar surface area (TPSA) is 97.2 Å². The van der Waals surface area contributed by atoms with Crippen LogP contribution in [0.5, 0.6) is 0 Å². The molecule has 1 aromatic heterocycles. The van der Waals surface area contributed by atoms with Gasteiger partial charge in [-0.05, 0) is 28.1 Å². The van der Waals surface area contributed by atoms with E-state index in [0.717, 1.165) is 8.99 Å². The Kier molecular flexibility index (Phi) is 3.21. The van der Waals surface area contributed by atoms with Gasteiger partial charge in [-0.1, -0.05) is 17.3 Å². The van der Waals surface area contributed by atoms with Gasteiger partial charge in [0.2, 0.25) is 10.9 Å². The maximum atomic E-state index is 12.8. The van der Waals surface area contributed by atoms with E-state index < -0.39 is 15.9 Å². The molecule has 0 aliphatic carbocycles. The number of aromatic nitrogens is 3. The van der Waals surface area contributed by atoms with E-state index in [1.807, 2.05) is 0 Å². The Bertz CT molecular complexity index is 813. The second-order valence-electron chi connectivity index (χ2n) is 4.39. The van der Waals surface area contributed by atoms with Crippen molar-refractivity contribution in [2.75, 3.05) is 16.2 Å². The van der Waals surface area contributed by atoms with Crippen molar-refractivity contribution in [1.29, 1.82) is 0 Å². The SMILES string of the molecule is Cn1nnc(Br)c1S(=O)(=O)N1CC(=O)Nc2ccccc21. The number of carbonyl (C=O) groups excluding carboxylic acids is 1. The number of hydrogen-bond acceptors (Lipinski definition) is 5. The summed E-state index contributed by atoms with van der Waals surface area (Å²) in [5.74, 6) is -0.400. The number of anilines is 2. The molecule has 1 aromatic carbocycles. The van der Waals surface area contributed by atoms with Crippen LogP contribution in [-0.2, 0) is 21.9 Å². The zero-order chi connectivity index (χ0) is 15.2. The molecule has 0 saturated carbocycles. The van der Waals surface area contributed by atoms with Crippen molar-refractivity contribution in [1.82, 2.24) is 15.0 Å². The minimum absolute atomic E-state index is 0.105. The molecule has 0 bridgehead atoms. The number of hydrogen-bond donors (Lipinski definition) is 1. The number of nitrogens with zero attached hydrogens (tertiary/aromatic N) is 4. The van der Waals surface area contributed by atoms with Crippen LogP contribution in [0, 0.1) is 0 Å². The van der Waals surface area contributed by atoms with Gasteiger partial charge < -0.3 is 5.32 Å². The number of rotatable bonds is 2. The van der Waals surface area contributed by atoms with E-state index in [0.29, 0.717) is 11.4 Å². The molecule has 1 aliphatic rings. The quantitative estimate of drug-likeness (QED) is 0.838. The fourth-order valence-corrected chi connectivity index (χ4v) is 4.60. The largest absolute Gasteiger partial charge is 0.323 e. The summed E-state index contributed by atoms with van der Waals surface area (Å²) in [6, 6.07) is 6.70. The molecule has 8 nitrogen and oxygen atoms in total. The fraction of sp³-hybridized carbons (Fsp3) is 0.182. The third-order valence-corrected chi connectivity index (χ3v) is 5.65.